The number of rotatable bonds is 6. The molecule has 1 N–H and O–H groups in total. The molecule has 0 spiro atoms. The first-order valence-corrected chi connectivity index (χ1v) is 6.38. The number of ketones is 1. The molecular formula is C13H23NO2. The predicted molar refractivity (Wildman–Crippen MR) is 64.2 cm³/mol. The van der Waals surface area contributed by atoms with Crippen molar-refractivity contribution in [1.82, 2.24) is 5.32 Å². The molecule has 1 aliphatic rings. The van der Waals surface area contributed by atoms with Crippen LogP contribution in [0.2, 0.25) is 0 Å². The lowest BCUT2D eigenvalue weighted by Gasteiger charge is -2.37. The van der Waals surface area contributed by atoms with Crippen LogP contribution in [0, 0.1) is 0 Å². The molecule has 1 saturated heterocycles. The van der Waals surface area contributed by atoms with Crippen LogP contribution in [0.15, 0.2) is 0 Å². The number of hydrogen-bond donors (Lipinski definition) is 1. The molecule has 0 radical (unpaired) electrons. The average molecular weight is 225 g/mol. The second kappa shape index (κ2) is 6.02. The number of hydrogen-bond acceptors (Lipinski definition) is 2. The Balaban J connectivity index is 2.59. The lowest BCUT2D eigenvalue weighted by molar-refractivity contribution is -0.126. The van der Waals surface area contributed by atoms with E-state index in [0.717, 1.165) is 25.7 Å². The molecule has 0 aliphatic carbocycles. The van der Waals surface area contributed by atoms with Gasteiger partial charge in [-0.3, -0.25) is 9.59 Å². The van der Waals surface area contributed by atoms with Crippen molar-refractivity contribution in [3.05, 3.63) is 0 Å². The van der Waals surface area contributed by atoms with Gasteiger partial charge in [-0.15, -0.1) is 0 Å². The van der Waals surface area contributed by atoms with E-state index in [9.17, 15) is 9.59 Å². The van der Waals surface area contributed by atoms with E-state index >= 15 is 0 Å². The lowest BCUT2D eigenvalue weighted by atomic mass is 9.80. The van der Waals surface area contributed by atoms with Crippen LogP contribution < -0.4 is 5.32 Å². The summed E-state index contributed by atoms with van der Waals surface area (Å²) < 4.78 is 0. The summed E-state index contributed by atoms with van der Waals surface area (Å²) in [5.41, 5.74) is -0.226. The highest BCUT2D eigenvalue weighted by molar-refractivity contribution is 5.81. The molecule has 1 amide bonds. The van der Waals surface area contributed by atoms with Crippen molar-refractivity contribution in [2.75, 3.05) is 0 Å². The topological polar surface area (TPSA) is 46.2 Å². The first-order chi connectivity index (χ1) is 7.58. The summed E-state index contributed by atoms with van der Waals surface area (Å²) in [7, 11) is 0. The summed E-state index contributed by atoms with van der Waals surface area (Å²) in [5, 5.41) is 3.06. The Morgan fingerprint density at radius 2 is 2.19 bits per heavy atom. The summed E-state index contributed by atoms with van der Waals surface area (Å²) >= 11 is 0. The minimum Gasteiger partial charge on any atom is -0.350 e. The number of carbonyl (C=O) groups excluding carboxylic acids is 2. The van der Waals surface area contributed by atoms with Gasteiger partial charge >= 0.3 is 0 Å². The fourth-order valence-electron chi connectivity index (χ4n) is 2.61. The molecular weight excluding hydrogens is 202 g/mol. The van der Waals surface area contributed by atoms with Crippen molar-refractivity contribution in [3.63, 3.8) is 0 Å². The van der Waals surface area contributed by atoms with Gasteiger partial charge in [-0.05, 0) is 26.2 Å². The zero-order chi connectivity index (χ0) is 12.0. The van der Waals surface area contributed by atoms with Gasteiger partial charge in [-0.1, -0.05) is 26.2 Å². The van der Waals surface area contributed by atoms with Crippen molar-refractivity contribution in [2.24, 2.45) is 0 Å². The van der Waals surface area contributed by atoms with Crippen LogP contribution in [0.4, 0.5) is 0 Å². The molecule has 3 heteroatoms. The van der Waals surface area contributed by atoms with Crippen LogP contribution in [-0.2, 0) is 9.59 Å². The molecule has 0 bridgehead atoms. The van der Waals surface area contributed by atoms with E-state index in [4.69, 9.17) is 0 Å². The van der Waals surface area contributed by atoms with Crippen LogP contribution in [0.3, 0.4) is 0 Å². The average Bonchev–Trinajstić information content (AvgIpc) is 2.16. The van der Waals surface area contributed by atoms with Gasteiger partial charge in [0.2, 0.25) is 5.91 Å². The van der Waals surface area contributed by atoms with E-state index in [2.05, 4.69) is 12.2 Å². The van der Waals surface area contributed by atoms with Gasteiger partial charge in [0.1, 0.15) is 5.78 Å². The molecule has 3 nitrogen and oxygen atoms in total. The molecule has 1 rings (SSSR count). The number of amides is 1. The highest BCUT2D eigenvalue weighted by Gasteiger charge is 2.35. The number of carbonyl (C=O) groups is 2. The Morgan fingerprint density at radius 1 is 1.44 bits per heavy atom. The Morgan fingerprint density at radius 3 is 2.75 bits per heavy atom. The van der Waals surface area contributed by atoms with Gasteiger partial charge in [0.15, 0.2) is 0 Å². The van der Waals surface area contributed by atoms with Gasteiger partial charge < -0.3 is 5.32 Å². The third-order valence-electron chi connectivity index (χ3n) is 3.31. The maximum Gasteiger partial charge on any atom is 0.220 e. The van der Waals surface area contributed by atoms with Gasteiger partial charge in [0, 0.05) is 18.4 Å². The molecule has 0 aromatic rings. The van der Waals surface area contributed by atoms with Gasteiger partial charge in [-0.2, -0.15) is 0 Å². The Kier molecular flexibility index (Phi) is 4.97. The highest BCUT2D eigenvalue weighted by atomic mass is 16.2. The molecule has 0 saturated carbocycles. The highest BCUT2D eigenvalue weighted by Crippen LogP contribution is 2.29. The minimum atomic E-state index is -0.226. The van der Waals surface area contributed by atoms with E-state index in [-0.39, 0.29) is 17.2 Å². The summed E-state index contributed by atoms with van der Waals surface area (Å²) in [5.74, 6) is 0.294. The molecule has 1 aliphatic heterocycles. The van der Waals surface area contributed by atoms with Crippen molar-refractivity contribution in [3.8, 4) is 0 Å². The first-order valence-electron chi connectivity index (χ1n) is 6.38. The van der Waals surface area contributed by atoms with Crippen LogP contribution in [0.25, 0.3) is 0 Å². The maximum atomic E-state index is 11.5. The van der Waals surface area contributed by atoms with E-state index in [1.54, 1.807) is 6.92 Å². The zero-order valence-corrected chi connectivity index (χ0v) is 10.5. The molecule has 16 heavy (non-hydrogen) atoms. The molecule has 92 valence electrons. The van der Waals surface area contributed by atoms with Crippen LogP contribution in [-0.4, -0.2) is 17.2 Å². The summed E-state index contributed by atoms with van der Waals surface area (Å²) in [6.07, 6.45) is 7.40. The van der Waals surface area contributed by atoms with E-state index in [1.165, 1.54) is 12.8 Å². The summed E-state index contributed by atoms with van der Waals surface area (Å²) in [6, 6.07) is 0. The standard InChI is InChI=1S/C13H23NO2/c1-3-4-5-8-13(10-11(2)15)9-6-7-12(16)14-13/h3-10H2,1-2H3,(H,14,16)/t13-/m0/s1. The Hall–Kier alpha value is -0.860. The van der Waals surface area contributed by atoms with Crippen molar-refractivity contribution >= 4 is 11.7 Å². The molecule has 1 heterocycles. The van der Waals surface area contributed by atoms with Gasteiger partial charge in [-0.25, -0.2) is 0 Å². The third-order valence-corrected chi connectivity index (χ3v) is 3.31. The fraction of sp³-hybridized carbons (Fsp3) is 0.846. The van der Waals surface area contributed by atoms with E-state index < -0.39 is 0 Å². The minimum absolute atomic E-state index is 0.115. The molecule has 0 unspecified atom stereocenters. The molecule has 1 atom stereocenters. The van der Waals surface area contributed by atoms with E-state index in [1.807, 2.05) is 0 Å². The number of unbranched alkanes of at least 4 members (excludes halogenated alkanes) is 2. The normalized spacial score (nSPS) is 25.2. The van der Waals surface area contributed by atoms with Crippen molar-refractivity contribution in [2.45, 2.75) is 70.8 Å². The summed E-state index contributed by atoms with van der Waals surface area (Å²) in [6.45, 7) is 3.78. The van der Waals surface area contributed by atoms with E-state index in [0.29, 0.717) is 12.8 Å². The Labute approximate surface area is 98.0 Å². The first kappa shape index (κ1) is 13.2. The molecule has 0 aromatic carbocycles. The summed E-state index contributed by atoms with van der Waals surface area (Å²) in [4.78, 5) is 22.8. The van der Waals surface area contributed by atoms with Crippen LogP contribution in [0.1, 0.15) is 65.2 Å². The number of Topliss-reactive ketones (excluding diaryl/α,β-unsaturated/α-hetero) is 1. The second-order valence-corrected chi connectivity index (χ2v) is 5.02. The Bertz CT molecular complexity index is 259. The van der Waals surface area contributed by atoms with Crippen LogP contribution in [0.5, 0.6) is 0 Å². The predicted octanol–water partition coefficient (Wildman–Crippen LogP) is 2.58. The second-order valence-electron chi connectivity index (χ2n) is 5.02. The SMILES string of the molecule is CCCCC[C@@]1(CC(C)=O)CCCC(=O)N1. The number of nitrogens with one attached hydrogen (secondary N) is 1. The maximum absolute atomic E-state index is 11.5. The lowest BCUT2D eigenvalue weighted by Crippen LogP contribution is -2.52. The third kappa shape index (κ3) is 3.95. The monoisotopic (exact) mass is 225 g/mol. The molecule has 1 fully saturated rings. The zero-order valence-electron chi connectivity index (χ0n) is 10.5. The quantitative estimate of drug-likeness (QED) is 0.706. The smallest absolute Gasteiger partial charge is 0.220 e. The van der Waals surface area contributed by atoms with Crippen molar-refractivity contribution < 1.29 is 9.59 Å². The van der Waals surface area contributed by atoms with Gasteiger partial charge in [0.05, 0.1) is 0 Å². The molecule has 0 aromatic heterocycles. The number of piperidine rings is 1. The fourth-order valence-corrected chi connectivity index (χ4v) is 2.61. The van der Waals surface area contributed by atoms with Crippen LogP contribution >= 0.6 is 0 Å². The van der Waals surface area contributed by atoms with Crippen molar-refractivity contribution in [1.29, 1.82) is 0 Å². The van der Waals surface area contributed by atoms with Gasteiger partial charge in [0.25, 0.3) is 0 Å². The largest absolute Gasteiger partial charge is 0.350 e.